The molecule has 160 valence electrons. The number of phenolic OH excluding ortho intramolecular Hbond substituents is 1. The maximum Gasteiger partial charge on any atom is 0.153 e. The molecule has 0 bridgehead atoms. The molecule has 3 aromatic carbocycles. The first-order chi connectivity index (χ1) is 15.2. The summed E-state index contributed by atoms with van der Waals surface area (Å²) in [6.45, 7) is 4.43. The summed E-state index contributed by atoms with van der Waals surface area (Å²) in [6, 6.07) is 20.9. The minimum atomic E-state index is 0.237. The summed E-state index contributed by atoms with van der Waals surface area (Å²) in [7, 11) is 1.65. The minimum absolute atomic E-state index is 0.237. The van der Waals surface area contributed by atoms with Gasteiger partial charge in [-0.25, -0.2) is 0 Å². The third kappa shape index (κ3) is 4.93. The third-order valence-electron chi connectivity index (χ3n) is 4.82. The summed E-state index contributed by atoms with van der Waals surface area (Å²) in [5, 5.41) is 14.1. The van der Waals surface area contributed by atoms with Gasteiger partial charge >= 0.3 is 0 Å². The monoisotopic (exact) mass is 435 g/mol. The van der Waals surface area contributed by atoms with E-state index in [1.807, 2.05) is 54.6 Å². The molecule has 5 nitrogen and oxygen atoms in total. The summed E-state index contributed by atoms with van der Waals surface area (Å²) in [4.78, 5) is 0.995. The fourth-order valence-corrected chi connectivity index (χ4v) is 4.40. The molecular weight excluding hydrogens is 410 g/mol. The number of methoxy groups -OCH3 is 1. The molecule has 0 unspecified atom stereocenters. The van der Waals surface area contributed by atoms with E-state index < -0.39 is 0 Å². The van der Waals surface area contributed by atoms with Crippen molar-refractivity contribution in [3.63, 3.8) is 0 Å². The van der Waals surface area contributed by atoms with Crippen molar-refractivity contribution in [1.82, 2.24) is 5.32 Å². The van der Waals surface area contributed by atoms with Crippen LogP contribution in [-0.4, -0.2) is 31.9 Å². The lowest BCUT2D eigenvalue weighted by Gasteiger charge is -2.10. The molecule has 1 aromatic heterocycles. The number of fused-ring (bicyclic) bond motifs is 1. The van der Waals surface area contributed by atoms with Crippen molar-refractivity contribution in [2.24, 2.45) is 0 Å². The number of likely N-dealkylation sites (N-methyl/N-ethyl adjacent to an activating group) is 1. The standard InChI is InChI=1S/C25H25NO4S/c1-3-26-14-15-29-20-9-11-21(12-10-20)30-24-22-13-6-18(27)16-23(22)31-25(24)17-4-7-19(28-2)8-5-17/h4-13,16,26-27H,3,14-15H2,1-2H3. The molecule has 0 radical (unpaired) electrons. The fraction of sp³-hybridized carbons (Fsp3) is 0.200. The Morgan fingerprint density at radius 1 is 0.903 bits per heavy atom. The van der Waals surface area contributed by atoms with E-state index in [1.165, 1.54) is 0 Å². The van der Waals surface area contributed by atoms with Crippen LogP contribution in [0.4, 0.5) is 0 Å². The van der Waals surface area contributed by atoms with Crippen LogP contribution >= 0.6 is 11.3 Å². The smallest absolute Gasteiger partial charge is 0.153 e. The maximum absolute atomic E-state index is 9.92. The zero-order valence-electron chi connectivity index (χ0n) is 17.6. The van der Waals surface area contributed by atoms with Gasteiger partial charge in [-0.3, -0.25) is 0 Å². The Morgan fingerprint density at radius 2 is 1.61 bits per heavy atom. The fourth-order valence-electron chi connectivity index (χ4n) is 3.23. The molecule has 2 N–H and O–H groups in total. The van der Waals surface area contributed by atoms with Crippen molar-refractivity contribution >= 4 is 21.4 Å². The topological polar surface area (TPSA) is 60.0 Å². The highest BCUT2D eigenvalue weighted by atomic mass is 32.1. The summed E-state index contributed by atoms with van der Waals surface area (Å²) in [6.07, 6.45) is 0. The predicted molar refractivity (Wildman–Crippen MR) is 126 cm³/mol. The van der Waals surface area contributed by atoms with Crippen LogP contribution in [0.1, 0.15) is 6.92 Å². The van der Waals surface area contributed by atoms with Gasteiger partial charge in [0.25, 0.3) is 0 Å². The van der Waals surface area contributed by atoms with Crippen molar-refractivity contribution in [3.8, 4) is 39.2 Å². The highest BCUT2D eigenvalue weighted by Gasteiger charge is 2.17. The van der Waals surface area contributed by atoms with Gasteiger partial charge in [0.1, 0.15) is 29.6 Å². The quantitative estimate of drug-likeness (QED) is 0.313. The SMILES string of the molecule is CCNCCOc1ccc(Oc2c(-c3ccc(OC)cc3)sc3cc(O)ccc23)cc1. The summed E-state index contributed by atoms with van der Waals surface area (Å²) < 4.78 is 18.3. The predicted octanol–water partition coefficient (Wildman–Crippen LogP) is 6.06. The molecule has 0 saturated heterocycles. The Hall–Kier alpha value is -3.22. The van der Waals surface area contributed by atoms with Crippen molar-refractivity contribution in [3.05, 3.63) is 66.7 Å². The number of phenols is 1. The van der Waals surface area contributed by atoms with Crippen molar-refractivity contribution in [1.29, 1.82) is 0 Å². The number of ether oxygens (including phenoxy) is 3. The Morgan fingerprint density at radius 3 is 2.32 bits per heavy atom. The van der Waals surface area contributed by atoms with E-state index in [0.29, 0.717) is 6.61 Å². The second-order valence-corrected chi connectivity index (χ2v) is 8.00. The maximum atomic E-state index is 9.92. The van der Waals surface area contributed by atoms with Crippen molar-refractivity contribution in [2.45, 2.75) is 6.92 Å². The van der Waals surface area contributed by atoms with E-state index in [1.54, 1.807) is 30.6 Å². The number of nitrogens with one attached hydrogen (secondary N) is 1. The second kappa shape index (κ2) is 9.73. The van der Waals surface area contributed by atoms with E-state index in [-0.39, 0.29) is 5.75 Å². The Bertz CT molecular complexity index is 1140. The lowest BCUT2D eigenvalue weighted by Crippen LogP contribution is -2.20. The van der Waals surface area contributed by atoms with Crippen LogP contribution in [-0.2, 0) is 0 Å². The number of thiophene rings is 1. The normalized spacial score (nSPS) is 10.9. The number of hydrogen-bond donors (Lipinski definition) is 2. The Kier molecular flexibility index (Phi) is 6.60. The van der Waals surface area contributed by atoms with Crippen molar-refractivity contribution in [2.75, 3.05) is 26.8 Å². The molecule has 0 aliphatic rings. The van der Waals surface area contributed by atoms with Gasteiger partial charge in [-0.1, -0.05) is 6.92 Å². The molecule has 0 atom stereocenters. The van der Waals surface area contributed by atoms with Gasteiger partial charge in [-0.15, -0.1) is 11.3 Å². The van der Waals surface area contributed by atoms with Gasteiger partial charge in [0, 0.05) is 16.6 Å². The van der Waals surface area contributed by atoms with Crippen LogP contribution in [0, 0.1) is 0 Å². The zero-order chi connectivity index (χ0) is 21.6. The third-order valence-corrected chi connectivity index (χ3v) is 6.00. The zero-order valence-corrected chi connectivity index (χ0v) is 18.4. The molecule has 6 heteroatoms. The van der Waals surface area contributed by atoms with Crippen LogP contribution in [0.25, 0.3) is 20.5 Å². The van der Waals surface area contributed by atoms with E-state index in [0.717, 1.165) is 56.6 Å². The van der Waals surface area contributed by atoms with Gasteiger partial charge in [0.15, 0.2) is 5.75 Å². The lowest BCUT2D eigenvalue weighted by atomic mass is 10.1. The second-order valence-electron chi connectivity index (χ2n) is 6.94. The van der Waals surface area contributed by atoms with Crippen LogP contribution in [0.5, 0.6) is 28.7 Å². The molecule has 0 spiro atoms. The lowest BCUT2D eigenvalue weighted by molar-refractivity contribution is 0.315. The van der Waals surface area contributed by atoms with Crippen LogP contribution in [0.15, 0.2) is 66.7 Å². The minimum Gasteiger partial charge on any atom is -0.508 e. The van der Waals surface area contributed by atoms with E-state index >= 15 is 0 Å². The number of rotatable bonds is 9. The van der Waals surface area contributed by atoms with Gasteiger partial charge in [0.05, 0.1) is 12.0 Å². The van der Waals surface area contributed by atoms with Crippen molar-refractivity contribution < 1.29 is 19.3 Å². The highest BCUT2D eigenvalue weighted by Crippen LogP contribution is 2.47. The first-order valence-corrected chi connectivity index (χ1v) is 11.0. The van der Waals surface area contributed by atoms with Crippen LogP contribution in [0.2, 0.25) is 0 Å². The number of hydrogen-bond acceptors (Lipinski definition) is 6. The molecule has 4 rings (SSSR count). The molecule has 0 fully saturated rings. The molecule has 0 aliphatic carbocycles. The molecule has 31 heavy (non-hydrogen) atoms. The molecular formula is C25H25NO4S. The van der Waals surface area contributed by atoms with Gasteiger partial charge in [-0.05, 0) is 78.8 Å². The molecule has 0 saturated carbocycles. The van der Waals surface area contributed by atoms with Gasteiger partial charge in [-0.2, -0.15) is 0 Å². The Labute approximate surface area is 185 Å². The number of benzene rings is 3. The molecule has 4 aromatic rings. The average molecular weight is 436 g/mol. The first kappa shape index (κ1) is 21.0. The molecule has 0 aliphatic heterocycles. The van der Waals surface area contributed by atoms with E-state index in [2.05, 4.69) is 12.2 Å². The van der Waals surface area contributed by atoms with Crippen LogP contribution in [0.3, 0.4) is 0 Å². The van der Waals surface area contributed by atoms with Gasteiger partial charge in [0.2, 0.25) is 0 Å². The van der Waals surface area contributed by atoms with Crippen LogP contribution < -0.4 is 19.5 Å². The van der Waals surface area contributed by atoms with E-state index in [4.69, 9.17) is 14.2 Å². The number of aromatic hydroxyl groups is 1. The molecule has 1 heterocycles. The highest BCUT2D eigenvalue weighted by molar-refractivity contribution is 7.22. The largest absolute Gasteiger partial charge is 0.508 e. The van der Waals surface area contributed by atoms with Gasteiger partial charge < -0.3 is 24.6 Å². The summed E-state index contributed by atoms with van der Waals surface area (Å²) >= 11 is 1.59. The molecule has 0 amide bonds. The summed E-state index contributed by atoms with van der Waals surface area (Å²) in [5.41, 5.74) is 1.03. The first-order valence-electron chi connectivity index (χ1n) is 10.2. The Balaban J connectivity index is 1.62. The van der Waals surface area contributed by atoms with E-state index in [9.17, 15) is 5.11 Å². The summed E-state index contributed by atoms with van der Waals surface area (Å²) in [5.74, 6) is 3.34. The average Bonchev–Trinajstić information content (AvgIpc) is 3.15.